The molecule has 0 aliphatic heterocycles. The van der Waals surface area contributed by atoms with E-state index in [2.05, 4.69) is 11.9 Å². The van der Waals surface area contributed by atoms with Gasteiger partial charge in [-0.2, -0.15) is 8.42 Å². The number of carbonyl (C=O) groups excluding carboxylic acids is 1. The molecule has 1 rings (SSSR count). The Morgan fingerprint density at radius 2 is 2.00 bits per heavy atom. The lowest BCUT2D eigenvalue weighted by atomic mass is 9.89. The summed E-state index contributed by atoms with van der Waals surface area (Å²) in [5.41, 5.74) is -0.551. The summed E-state index contributed by atoms with van der Waals surface area (Å²) >= 11 is 0. The quantitative estimate of drug-likeness (QED) is 0.612. The fourth-order valence-corrected chi connectivity index (χ4v) is 3.01. The van der Waals surface area contributed by atoms with Crippen LogP contribution in [0.2, 0.25) is 0 Å². The fraction of sp³-hybridized carbons (Fsp3) is 0.308. The van der Waals surface area contributed by atoms with Crippen molar-refractivity contribution in [1.82, 2.24) is 5.32 Å². The molecular formula is C13H17NO4S. The van der Waals surface area contributed by atoms with Crippen LogP contribution >= 0.6 is 0 Å². The van der Waals surface area contributed by atoms with Gasteiger partial charge in [0.2, 0.25) is 5.91 Å². The number of hydrogen-bond donors (Lipinski definition) is 2. The number of carbonyl (C=O) groups is 1. The van der Waals surface area contributed by atoms with Gasteiger partial charge in [-0.3, -0.25) is 9.35 Å². The van der Waals surface area contributed by atoms with E-state index in [-0.39, 0.29) is 0 Å². The summed E-state index contributed by atoms with van der Waals surface area (Å²) in [5, 5.41) is 2.61. The van der Waals surface area contributed by atoms with Crippen molar-refractivity contribution < 1.29 is 17.8 Å². The van der Waals surface area contributed by atoms with E-state index in [1.165, 1.54) is 0 Å². The Kier molecular flexibility index (Phi) is 4.85. The molecule has 1 unspecified atom stereocenters. The van der Waals surface area contributed by atoms with Crippen LogP contribution in [-0.4, -0.2) is 24.6 Å². The zero-order valence-electron chi connectivity index (χ0n) is 10.7. The molecule has 0 aliphatic carbocycles. The van der Waals surface area contributed by atoms with Crippen LogP contribution < -0.4 is 5.32 Å². The maximum Gasteiger partial charge on any atom is 0.267 e. The van der Waals surface area contributed by atoms with Crippen molar-refractivity contribution >= 4 is 16.0 Å². The van der Waals surface area contributed by atoms with Crippen molar-refractivity contribution in [2.75, 3.05) is 5.75 Å². The lowest BCUT2D eigenvalue weighted by molar-refractivity contribution is -0.118. The molecule has 6 heteroatoms. The monoisotopic (exact) mass is 283 g/mol. The van der Waals surface area contributed by atoms with Crippen LogP contribution in [0.15, 0.2) is 43.0 Å². The van der Waals surface area contributed by atoms with Crippen molar-refractivity contribution in [2.24, 2.45) is 0 Å². The standard InChI is InChI=1S/C13H17NO4S/c1-3-12(15)14-13(4-2,10-19(16,17)18)11-8-6-5-7-9-11/h3,5-9H,1,4,10H2,2H3,(H,14,15)(H,16,17,18). The smallest absolute Gasteiger partial charge is 0.267 e. The molecule has 0 saturated heterocycles. The molecule has 1 aromatic rings. The number of rotatable bonds is 6. The molecule has 0 aromatic heterocycles. The van der Waals surface area contributed by atoms with Crippen molar-refractivity contribution in [3.8, 4) is 0 Å². The first kappa shape index (κ1) is 15.4. The van der Waals surface area contributed by atoms with Crippen LogP contribution in [0.1, 0.15) is 18.9 Å². The van der Waals surface area contributed by atoms with Gasteiger partial charge in [-0.1, -0.05) is 43.8 Å². The summed E-state index contributed by atoms with van der Waals surface area (Å²) in [5.74, 6) is -1.07. The predicted octanol–water partition coefficient (Wildman–Crippen LogP) is 1.48. The minimum Gasteiger partial charge on any atom is -0.342 e. The van der Waals surface area contributed by atoms with Gasteiger partial charge in [0.05, 0.1) is 5.54 Å². The van der Waals surface area contributed by atoms with Gasteiger partial charge >= 0.3 is 0 Å². The third kappa shape index (κ3) is 4.18. The van der Waals surface area contributed by atoms with Crippen LogP contribution in [0.25, 0.3) is 0 Å². The molecule has 19 heavy (non-hydrogen) atoms. The third-order valence-corrected chi connectivity index (χ3v) is 3.76. The van der Waals surface area contributed by atoms with Crippen molar-refractivity contribution in [1.29, 1.82) is 0 Å². The molecule has 0 fully saturated rings. The Bertz CT molecular complexity index is 553. The molecule has 0 bridgehead atoms. The zero-order chi connectivity index (χ0) is 14.5. The Morgan fingerprint density at radius 1 is 1.42 bits per heavy atom. The third-order valence-electron chi connectivity index (χ3n) is 2.91. The molecule has 0 spiro atoms. The van der Waals surface area contributed by atoms with Crippen LogP contribution in [0.3, 0.4) is 0 Å². The molecule has 0 heterocycles. The first-order chi connectivity index (χ1) is 8.83. The molecule has 0 aliphatic rings. The van der Waals surface area contributed by atoms with Crippen molar-refractivity contribution in [3.63, 3.8) is 0 Å². The molecule has 104 valence electrons. The van der Waals surface area contributed by atoms with E-state index in [9.17, 15) is 13.2 Å². The highest BCUT2D eigenvalue weighted by molar-refractivity contribution is 7.85. The van der Waals surface area contributed by atoms with Gasteiger partial charge in [0, 0.05) is 0 Å². The Labute approximate surface area is 113 Å². The Hall–Kier alpha value is -1.66. The summed E-state index contributed by atoms with van der Waals surface area (Å²) < 4.78 is 31.6. The van der Waals surface area contributed by atoms with Crippen LogP contribution in [0, 0.1) is 0 Å². The Morgan fingerprint density at radius 3 is 2.42 bits per heavy atom. The first-order valence-corrected chi connectivity index (χ1v) is 7.39. The summed E-state index contributed by atoms with van der Waals surface area (Å²) in [6, 6.07) is 8.68. The molecule has 5 nitrogen and oxygen atoms in total. The number of amides is 1. The largest absolute Gasteiger partial charge is 0.342 e. The highest BCUT2D eigenvalue weighted by Gasteiger charge is 2.36. The van der Waals surface area contributed by atoms with E-state index >= 15 is 0 Å². The molecular weight excluding hydrogens is 266 g/mol. The van der Waals surface area contributed by atoms with Gasteiger partial charge in [0.1, 0.15) is 5.75 Å². The molecule has 2 N–H and O–H groups in total. The average molecular weight is 283 g/mol. The first-order valence-electron chi connectivity index (χ1n) is 5.78. The van der Waals surface area contributed by atoms with Gasteiger partial charge < -0.3 is 5.32 Å². The second-order valence-electron chi connectivity index (χ2n) is 4.22. The summed E-state index contributed by atoms with van der Waals surface area (Å²) in [4.78, 5) is 11.5. The summed E-state index contributed by atoms with van der Waals surface area (Å²) in [6.07, 6.45) is 1.38. The second-order valence-corrected chi connectivity index (χ2v) is 5.67. The van der Waals surface area contributed by atoms with Gasteiger partial charge in [0.15, 0.2) is 0 Å². The SMILES string of the molecule is C=CC(=O)NC(CC)(CS(=O)(=O)O)c1ccccc1. The lowest BCUT2D eigenvalue weighted by Crippen LogP contribution is -2.49. The zero-order valence-corrected chi connectivity index (χ0v) is 11.5. The van der Waals surface area contributed by atoms with E-state index in [1.54, 1.807) is 37.3 Å². The minimum atomic E-state index is -4.24. The molecule has 1 atom stereocenters. The van der Waals surface area contributed by atoms with E-state index in [1.807, 2.05) is 0 Å². The number of nitrogens with one attached hydrogen (secondary N) is 1. The fourth-order valence-electron chi connectivity index (χ4n) is 1.94. The van der Waals surface area contributed by atoms with Crippen molar-refractivity contribution in [3.05, 3.63) is 48.6 Å². The predicted molar refractivity (Wildman–Crippen MR) is 73.2 cm³/mol. The van der Waals surface area contributed by atoms with Gasteiger partial charge in [0.25, 0.3) is 10.1 Å². The number of benzene rings is 1. The van der Waals surface area contributed by atoms with Crippen LogP contribution in [-0.2, 0) is 20.5 Å². The summed E-state index contributed by atoms with van der Waals surface area (Å²) in [7, 11) is -4.24. The molecule has 0 saturated carbocycles. The maximum atomic E-state index is 11.5. The highest BCUT2D eigenvalue weighted by atomic mass is 32.2. The Balaban J connectivity index is 3.28. The maximum absolute atomic E-state index is 11.5. The van der Waals surface area contributed by atoms with Gasteiger partial charge in [-0.15, -0.1) is 0 Å². The van der Waals surface area contributed by atoms with E-state index in [4.69, 9.17) is 4.55 Å². The van der Waals surface area contributed by atoms with Crippen LogP contribution in [0.5, 0.6) is 0 Å². The lowest BCUT2D eigenvalue weighted by Gasteiger charge is -2.33. The second kappa shape index (κ2) is 5.99. The molecule has 0 radical (unpaired) electrons. The summed E-state index contributed by atoms with van der Waals surface area (Å²) in [6.45, 7) is 5.08. The van der Waals surface area contributed by atoms with E-state index in [0.717, 1.165) is 6.08 Å². The molecule has 1 amide bonds. The van der Waals surface area contributed by atoms with Crippen LogP contribution in [0.4, 0.5) is 0 Å². The van der Waals surface area contributed by atoms with E-state index in [0.29, 0.717) is 12.0 Å². The molecule has 1 aromatic carbocycles. The van der Waals surface area contributed by atoms with Gasteiger partial charge in [-0.05, 0) is 18.1 Å². The highest BCUT2D eigenvalue weighted by Crippen LogP contribution is 2.26. The van der Waals surface area contributed by atoms with Crippen molar-refractivity contribution in [2.45, 2.75) is 18.9 Å². The van der Waals surface area contributed by atoms with Gasteiger partial charge in [-0.25, -0.2) is 0 Å². The number of hydrogen-bond acceptors (Lipinski definition) is 3. The average Bonchev–Trinajstić information content (AvgIpc) is 2.37. The van der Waals surface area contributed by atoms with E-state index < -0.39 is 27.3 Å². The minimum absolute atomic E-state index is 0.316. The topological polar surface area (TPSA) is 83.5 Å². The normalized spacial score (nSPS) is 14.4.